The van der Waals surface area contributed by atoms with Gasteiger partial charge in [0.15, 0.2) is 0 Å². The summed E-state index contributed by atoms with van der Waals surface area (Å²) in [7, 11) is 0. The van der Waals surface area contributed by atoms with Crippen LogP contribution in [-0.2, 0) is 11.2 Å². The van der Waals surface area contributed by atoms with E-state index in [2.05, 4.69) is 19.2 Å². The Balaban J connectivity index is 2.18. The summed E-state index contributed by atoms with van der Waals surface area (Å²) in [6, 6.07) is 7.06. The molecule has 1 aromatic carbocycles. The minimum Gasteiger partial charge on any atom is -0.378 e. The molecule has 2 nitrogen and oxygen atoms in total. The van der Waals surface area contributed by atoms with E-state index in [1.165, 1.54) is 6.07 Å². The van der Waals surface area contributed by atoms with Crippen molar-refractivity contribution >= 4 is 0 Å². The van der Waals surface area contributed by atoms with Crippen molar-refractivity contribution in [3.8, 4) is 0 Å². The first-order chi connectivity index (χ1) is 8.68. The van der Waals surface area contributed by atoms with Crippen molar-refractivity contribution in [2.24, 2.45) is 5.41 Å². The number of benzene rings is 1. The van der Waals surface area contributed by atoms with Crippen molar-refractivity contribution in [3.05, 3.63) is 35.6 Å². The van der Waals surface area contributed by atoms with Crippen molar-refractivity contribution in [1.82, 2.24) is 5.32 Å². The number of ether oxygens (including phenoxy) is 1. The summed E-state index contributed by atoms with van der Waals surface area (Å²) in [6.45, 7) is 6.80. The first kappa shape index (κ1) is 13.5. The lowest BCUT2D eigenvalue weighted by molar-refractivity contribution is 0.0629. The second kappa shape index (κ2) is 5.81. The van der Waals surface area contributed by atoms with E-state index in [1.54, 1.807) is 6.07 Å². The molecule has 0 aromatic heterocycles. The largest absolute Gasteiger partial charge is 0.378 e. The van der Waals surface area contributed by atoms with E-state index >= 15 is 0 Å². The van der Waals surface area contributed by atoms with Crippen LogP contribution < -0.4 is 5.32 Å². The third kappa shape index (κ3) is 2.73. The Kier molecular flexibility index (Phi) is 4.36. The van der Waals surface area contributed by atoms with Gasteiger partial charge in [0.05, 0.1) is 6.10 Å². The first-order valence-electron chi connectivity index (χ1n) is 6.74. The number of rotatable bonds is 5. The number of nitrogens with one attached hydrogen (secondary N) is 1. The molecule has 1 aliphatic heterocycles. The number of hydrogen-bond donors (Lipinski definition) is 1. The quantitative estimate of drug-likeness (QED) is 0.869. The van der Waals surface area contributed by atoms with E-state index in [1.807, 2.05) is 12.1 Å². The van der Waals surface area contributed by atoms with Gasteiger partial charge in [-0.05, 0) is 37.9 Å². The molecule has 100 valence electrons. The standard InChI is InChI=1S/C15H22FNO/c1-3-17-11-15(8-9-18-12(15)2)10-13-6-4-5-7-14(13)16/h4-7,12,17H,3,8-11H2,1-2H3. The summed E-state index contributed by atoms with van der Waals surface area (Å²) in [6.07, 6.45) is 1.92. The van der Waals surface area contributed by atoms with Crippen molar-refractivity contribution in [1.29, 1.82) is 0 Å². The van der Waals surface area contributed by atoms with Crippen LogP contribution in [0.2, 0.25) is 0 Å². The van der Waals surface area contributed by atoms with Gasteiger partial charge in [0, 0.05) is 18.6 Å². The van der Waals surface area contributed by atoms with E-state index in [0.29, 0.717) is 0 Å². The van der Waals surface area contributed by atoms with Gasteiger partial charge < -0.3 is 10.1 Å². The topological polar surface area (TPSA) is 21.3 Å². The molecule has 0 saturated carbocycles. The predicted octanol–water partition coefficient (Wildman–Crippen LogP) is 2.77. The van der Waals surface area contributed by atoms with Crippen molar-refractivity contribution in [3.63, 3.8) is 0 Å². The lowest BCUT2D eigenvalue weighted by Gasteiger charge is -2.32. The Morgan fingerprint density at radius 1 is 1.44 bits per heavy atom. The molecule has 1 heterocycles. The van der Waals surface area contributed by atoms with Gasteiger partial charge in [0.25, 0.3) is 0 Å². The van der Waals surface area contributed by atoms with Gasteiger partial charge in [0.1, 0.15) is 5.82 Å². The molecule has 1 aromatic rings. The van der Waals surface area contributed by atoms with Gasteiger partial charge >= 0.3 is 0 Å². The minimum atomic E-state index is -0.104. The lowest BCUT2D eigenvalue weighted by atomic mass is 9.76. The van der Waals surface area contributed by atoms with Crippen molar-refractivity contribution in [2.45, 2.75) is 32.8 Å². The second-order valence-corrected chi connectivity index (χ2v) is 5.17. The van der Waals surface area contributed by atoms with Crippen molar-refractivity contribution in [2.75, 3.05) is 19.7 Å². The Bertz CT molecular complexity index is 396. The van der Waals surface area contributed by atoms with Crippen LogP contribution in [0.15, 0.2) is 24.3 Å². The molecule has 1 N–H and O–H groups in total. The zero-order valence-corrected chi connectivity index (χ0v) is 11.2. The molecule has 0 aliphatic carbocycles. The summed E-state index contributed by atoms with van der Waals surface area (Å²) >= 11 is 0. The Morgan fingerprint density at radius 3 is 2.83 bits per heavy atom. The molecule has 18 heavy (non-hydrogen) atoms. The highest BCUT2D eigenvalue weighted by atomic mass is 19.1. The average molecular weight is 251 g/mol. The van der Waals surface area contributed by atoms with Crippen LogP contribution in [0.4, 0.5) is 4.39 Å². The molecule has 0 bridgehead atoms. The van der Waals surface area contributed by atoms with Crippen LogP contribution >= 0.6 is 0 Å². The zero-order chi connectivity index (χ0) is 13.0. The maximum atomic E-state index is 13.8. The third-order valence-corrected chi connectivity index (χ3v) is 4.06. The maximum absolute atomic E-state index is 13.8. The molecular weight excluding hydrogens is 229 g/mol. The van der Waals surface area contributed by atoms with Crippen LogP contribution in [-0.4, -0.2) is 25.8 Å². The smallest absolute Gasteiger partial charge is 0.126 e. The Hall–Kier alpha value is -0.930. The summed E-state index contributed by atoms with van der Waals surface area (Å²) < 4.78 is 19.5. The van der Waals surface area contributed by atoms with Gasteiger partial charge in [0.2, 0.25) is 0 Å². The summed E-state index contributed by atoms with van der Waals surface area (Å²) in [5, 5.41) is 3.40. The highest BCUT2D eigenvalue weighted by Gasteiger charge is 2.41. The summed E-state index contributed by atoms with van der Waals surface area (Å²) in [5.41, 5.74) is 0.825. The predicted molar refractivity (Wildman–Crippen MR) is 71.1 cm³/mol. The number of halogens is 1. The van der Waals surface area contributed by atoms with Gasteiger partial charge in [-0.1, -0.05) is 25.1 Å². The highest BCUT2D eigenvalue weighted by molar-refractivity contribution is 5.20. The van der Waals surface area contributed by atoms with Gasteiger partial charge in [-0.15, -0.1) is 0 Å². The van der Waals surface area contributed by atoms with E-state index < -0.39 is 0 Å². The fourth-order valence-corrected chi connectivity index (χ4v) is 2.74. The van der Waals surface area contributed by atoms with Crippen molar-refractivity contribution < 1.29 is 9.13 Å². The highest BCUT2D eigenvalue weighted by Crippen LogP contribution is 2.38. The third-order valence-electron chi connectivity index (χ3n) is 4.06. The summed E-state index contributed by atoms with van der Waals surface area (Å²) in [4.78, 5) is 0. The SMILES string of the molecule is CCNCC1(Cc2ccccc2F)CCOC1C. The Labute approximate surface area is 109 Å². The van der Waals surface area contributed by atoms with Crippen LogP contribution in [0.5, 0.6) is 0 Å². The van der Waals surface area contributed by atoms with Gasteiger partial charge in [-0.2, -0.15) is 0 Å². The van der Waals surface area contributed by atoms with E-state index in [4.69, 9.17) is 4.74 Å². The molecule has 3 heteroatoms. The Morgan fingerprint density at radius 2 is 2.22 bits per heavy atom. The molecule has 2 unspecified atom stereocenters. The number of hydrogen-bond acceptors (Lipinski definition) is 2. The van der Waals surface area contributed by atoms with Crippen LogP contribution in [0.3, 0.4) is 0 Å². The van der Waals surface area contributed by atoms with Gasteiger partial charge in [-0.25, -0.2) is 4.39 Å². The fraction of sp³-hybridized carbons (Fsp3) is 0.600. The molecule has 0 radical (unpaired) electrons. The monoisotopic (exact) mass is 251 g/mol. The zero-order valence-electron chi connectivity index (χ0n) is 11.2. The molecule has 1 saturated heterocycles. The summed E-state index contributed by atoms with van der Waals surface area (Å²) in [5.74, 6) is -0.104. The molecular formula is C15H22FNO. The van der Waals surface area contributed by atoms with Crippen LogP contribution in [0.25, 0.3) is 0 Å². The van der Waals surface area contributed by atoms with Gasteiger partial charge in [-0.3, -0.25) is 0 Å². The first-order valence-corrected chi connectivity index (χ1v) is 6.74. The maximum Gasteiger partial charge on any atom is 0.126 e. The minimum absolute atomic E-state index is 0.0260. The second-order valence-electron chi connectivity index (χ2n) is 5.17. The lowest BCUT2D eigenvalue weighted by Crippen LogP contribution is -2.41. The van der Waals surface area contributed by atoms with E-state index in [-0.39, 0.29) is 17.3 Å². The molecule has 2 rings (SSSR count). The molecule has 0 amide bonds. The van der Waals surface area contributed by atoms with Crippen LogP contribution in [0.1, 0.15) is 25.8 Å². The molecule has 1 fully saturated rings. The van der Waals surface area contributed by atoms with Crippen LogP contribution in [0, 0.1) is 11.2 Å². The molecule has 1 aliphatic rings. The fourth-order valence-electron chi connectivity index (χ4n) is 2.74. The molecule has 2 atom stereocenters. The normalized spacial score (nSPS) is 27.6. The average Bonchev–Trinajstić information content (AvgIpc) is 2.72. The van der Waals surface area contributed by atoms with E-state index in [0.717, 1.165) is 38.1 Å². The van der Waals surface area contributed by atoms with E-state index in [9.17, 15) is 4.39 Å². The molecule has 0 spiro atoms.